The minimum absolute atomic E-state index is 0.125. The van der Waals surface area contributed by atoms with Gasteiger partial charge < -0.3 is 4.74 Å². The van der Waals surface area contributed by atoms with Gasteiger partial charge in [-0.1, -0.05) is 48.5 Å². The first-order valence-electron chi connectivity index (χ1n) is 11.5. The zero-order valence-corrected chi connectivity index (χ0v) is 21.7. The van der Waals surface area contributed by atoms with Crippen LogP contribution in [0.2, 0.25) is 0 Å². The van der Waals surface area contributed by atoms with E-state index in [1.807, 2.05) is 53.9 Å². The van der Waals surface area contributed by atoms with Crippen molar-refractivity contribution in [3.63, 3.8) is 0 Å². The Balaban J connectivity index is 1.59. The first-order valence-corrected chi connectivity index (χ1v) is 13.8. The molecular weight excluding hydrogens is 494 g/mol. The molecule has 186 valence electrons. The summed E-state index contributed by atoms with van der Waals surface area (Å²) in [6.45, 7) is 3.92. The highest BCUT2D eigenvalue weighted by atomic mass is 32.2. The molecule has 0 N–H and O–H groups in total. The van der Waals surface area contributed by atoms with Gasteiger partial charge in [0.2, 0.25) is 10.0 Å². The Hall–Kier alpha value is -3.40. The van der Waals surface area contributed by atoms with Gasteiger partial charge in [-0.25, -0.2) is 13.4 Å². The fourth-order valence-electron chi connectivity index (χ4n) is 3.71. The summed E-state index contributed by atoms with van der Waals surface area (Å²) in [7, 11) is -3.83. The van der Waals surface area contributed by atoms with Gasteiger partial charge in [-0.3, -0.25) is 9.78 Å². The minimum Gasteiger partial charge on any atom is -0.463 e. The van der Waals surface area contributed by atoms with Crippen LogP contribution in [0.4, 0.5) is 0 Å². The molecule has 0 bridgehead atoms. The van der Waals surface area contributed by atoms with Crippen LogP contribution in [0.15, 0.2) is 89.5 Å². The van der Waals surface area contributed by atoms with Crippen molar-refractivity contribution in [3.8, 4) is 10.6 Å². The highest BCUT2D eigenvalue weighted by Gasteiger charge is 2.25. The van der Waals surface area contributed by atoms with E-state index in [9.17, 15) is 13.2 Å². The predicted molar refractivity (Wildman–Crippen MR) is 140 cm³/mol. The van der Waals surface area contributed by atoms with Crippen molar-refractivity contribution in [1.82, 2.24) is 14.3 Å². The molecule has 2 aromatic carbocycles. The largest absolute Gasteiger partial charge is 0.463 e. The molecule has 4 rings (SSSR count). The van der Waals surface area contributed by atoms with Crippen LogP contribution in [-0.2, 0) is 39.1 Å². The third-order valence-electron chi connectivity index (χ3n) is 5.33. The lowest BCUT2D eigenvalue weighted by Gasteiger charge is -2.23. The molecule has 2 aromatic heterocycles. The van der Waals surface area contributed by atoms with Crippen molar-refractivity contribution in [2.75, 3.05) is 0 Å². The normalized spacial score (nSPS) is 11.7. The van der Waals surface area contributed by atoms with E-state index in [1.54, 1.807) is 49.7 Å². The third-order valence-corrected chi connectivity index (χ3v) is 7.93. The van der Waals surface area contributed by atoms with Crippen molar-refractivity contribution in [2.24, 2.45) is 0 Å². The summed E-state index contributed by atoms with van der Waals surface area (Å²) >= 11 is 1.55. The predicted octanol–water partition coefficient (Wildman–Crippen LogP) is 5.09. The third kappa shape index (κ3) is 6.63. The minimum atomic E-state index is -3.83. The smallest absolute Gasteiger partial charge is 0.310 e. The lowest BCUT2D eigenvalue weighted by Crippen LogP contribution is -2.30. The Labute approximate surface area is 215 Å². The average molecular weight is 522 g/mol. The Morgan fingerprint density at radius 1 is 0.972 bits per heavy atom. The van der Waals surface area contributed by atoms with Crippen molar-refractivity contribution >= 4 is 27.3 Å². The van der Waals surface area contributed by atoms with Crippen LogP contribution >= 0.6 is 11.3 Å². The molecule has 0 radical (unpaired) electrons. The maximum atomic E-state index is 13.6. The Morgan fingerprint density at radius 3 is 2.39 bits per heavy atom. The molecule has 0 aliphatic carbocycles. The van der Waals surface area contributed by atoms with Gasteiger partial charge in [-0.2, -0.15) is 4.31 Å². The molecule has 0 aliphatic heterocycles. The van der Waals surface area contributed by atoms with Gasteiger partial charge in [0, 0.05) is 42.6 Å². The molecule has 0 saturated carbocycles. The second-order valence-electron chi connectivity index (χ2n) is 8.53. The van der Waals surface area contributed by atoms with Gasteiger partial charge in [0.05, 0.1) is 12.5 Å². The number of benzene rings is 2. The number of rotatable bonds is 10. The number of esters is 1. The summed E-state index contributed by atoms with van der Waals surface area (Å²) in [5.74, 6) is -0.317. The number of hydrogen-bond acceptors (Lipinski definition) is 7. The second kappa shape index (κ2) is 11.6. The van der Waals surface area contributed by atoms with Gasteiger partial charge in [0.25, 0.3) is 0 Å². The summed E-state index contributed by atoms with van der Waals surface area (Å²) in [6.07, 6.45) is 4.58. The number of carbonyl (C=O) groups excluding carboxylic acids is 1. The van der Waals surface area contributed by atoms with Gasteiger partial charge in [0.15, 0.2) is 0 Å². The van der Waals surface area contributed by atoms with E-state index in [0.717, 1.165) is 27.3 Å². The summed E-state index contributed by atoms with van der Waals surface area (Å²) < 4.78 is 33.8. The molecule has 2 heterocycles. The summed E-state index contributed by atoms with van der Waals surface area (Å²) in [4.78, 5) is 20.6. The Morgan fingerprint density at radius 2 is 1.72 bits per heavy atom. The van der Waals surface area contributed by atoms with E-state index in [0.29, 0.717) is 0 Å². The summed E-state index contributed by atoms with van der Waals surface area (Å²) in [5.41, 5.74) is 3.37. The molecule has 0 amide bonds. The van der Waals surface area contributed by atoms with Crippen molar-refractivity contribution in [2.45, 2.75) is 44.4 Å². The molecule has 0 aliphatic rings. The fourth-order valence-corrected chi connectivity index (χ4v) is 5.74. The quantitative estimate of drug-likeness (QED) is 0.270. The van der Waals surface area contributed by atoms with E-state index in [1.165, 1.54) is 10.5 Å². The molecule has 4 aromatic rings. The SMILES string of the molecule is CC(C)OC(=O)Cc1cccc(CN(Cc2ccc(-c3nccs3)cc2)S(=O)(=O)c2cccnc2)c1. The number of hydrogen-bond donors (Lipinski definition) is 0. The monoisotopic (exact) mass is 521 g/mol. The van der Waals surface area contributed by atoms with Crippen molar-refractivity contribution in [1.29, 1.82) is 0 Å². The molecule has 9 heteroatoms. The van der Waals surface area contributed by atoms with Crippen LogP contribution in [0.3, 0.4) is 0 Å². The lowest BCUT2D eigenvalue weighted by molar-refractivity contribution is -0.146. The van der Waals surface area contributed by atoms with Crippen LogP contribution in [0, 0.1) is 0 Å². The molecule has 0 unspecified atom stereocenters. The van der Waals surface area contributed by atoms with Crippen LogP contribution in [-0.4, -0.2) is 34.8 Å². The molecule has 0 fully saturated rings. The van der Waals surface area contributed by atoms with Gasteiger partial charge >= 0.3 is 5.97 Å². The van der Waals surface area contributed by atoms with Crippen LogP contribution in [0.25, 0.3) is 10.6 Å². The first kappa shape index (κ1) is 25.7. The van der Waals surface area contributed by atoms with Crippen LogP contribution in [0.5, 0.6) is 0 Å². The van der Waals surface area contributed by atoms with Crippen molar-refractivity contribution in [3.05, 3.63) is 101 Å². The maximum absolute atomic E-state index is 13.6. The van der Waals surface area contributed by atoms with Gasteiger partial charge in [0.1, 0.15) is 9.90 Å². The van der Waals surface area contributed by atoms with E-state index in [4.69, 9.17) is 4.74 Å². The highest BCUT2D eigenvalue weighted by Crippen LogP contribution is 2.25. The first-order chi connectivity index (χ1) is 17.3. The number of sulfonamides is 1. The standard InChI is InChI=1S/C27H27N3O4S2/c1-20(2)34-26(31)16-22-5-3-6-23(15-22)19-30(36(32,33)25-7-4-12-28-17-25)18-21-8-10-24(11-9-21)27-29-13-14-35-27/h3-15,17,20H,16,18-19H2,1-2H3. The Kier molecular flexibility index (Phi) is 8.25. The highest BCUT2D eigenvalue weighted by molar-refractivity contribution is 7.89. The molecule has 0 spiro atoms. The number of nitrogens with zero attached hydrogens (tertiary/aromatic N) is 3. The van der Waals surface area contributed by atoms with E-state index >= 15 is 0 Å². The van der Waals surface area contributed by atoms with Crippen molar-refractivity contribution < 1.29 is 17.9 Å². The van der Waals surface area contributed by atoms with Crippen LogP contribution in [0.1, 0.15) is 30.5 Å². The topological polar surface area (TPSA) is 89.5 Å². The zero-order valence-electron chi connectivity index (χ0n) is 20.1. The molecule has 7 nitrogen and oxygen atoms in total. The second-order valence-corrected chi connectivity index (χ2v) is 11.4. The summed E-state index contributed by atoms with van der Waals surface area (Å²) in [6, 6.07) is 18.2. The maximum Gasteiger partial charge on any atom is 0.310 e. The van der Waals surface area contributed by atoms with E-state index in [-0.39, 0.29) is 36.5 Å². The van der Waals surface area contributed by atoms with Gasteiger partial charge in [-0.05, 0) is 42.7 Å². The number of thiazole rings is 1. The Bertz CT molecular complexity index is 1390. The number of carbonyl (C=O) groups is 1. The molecule has 36 heavy (non-hydrogen) atoms. The lowest BCUT2D eigenvalue weighted by atomic mass is 10.1. The summed E-state index contributed by atoms with van der Waals surface area (Å²) in [5, 5.41) is 2.83. The molecule has 0 saturated heterocycles. The van der Waals surface area contributed by atoms with E-state index < -0.39 is 10.0 Å². The number of ether oxygens (including phenoxy) is 1. The number of pyridine rings is 1. The molecular formula is C27H27N3O4S2. The molecule has 0 atom stereocenters. The average Bonchev–Trinajstić information content (AvgIpc) is 3.39. The van der Waals surface area contributed by atoms with Gasteiger partial charge in [-0.15, -0.1) is 11.3 Å². The number of aromatic nitrogens is 2. The fraction of sp³-hybridized carbons (Fsp3) is 0.222. The van der Waals surface area contributed by atoms with E-state index in [2.05, 4.69) is 9.97 Å². The van der Waals surface area contributed by atoms with Crippen LogP contribution < -0.4 is 0 Å². The zero-order chi connectivity index (χ0) is 25.5.